The number of benzene rings is 1. The number of imide groups is 1. The summed E-state index contributed by atoms with van der Waals surface area (Å²) in [5.41, 5.74) is -0.725. The molecule has 2 aliphatic heterocycles. The number of nitrogens with one attached hydrogen (secondary N) is 1. The van der Waals surface area contributed by atoms with E-state index in [1.165, 1.54) is 4.90 Å². The van der Waals surface area contributed by atoms with Crippen LogP contribution in [0.4, 0.5) is 4.79 Å². The zero-order valence-electron chi connectivity index (χ0n) is 16.5. The van der Waals surface area contributed by atoms with Gasteiger partial charge in [-0.2, -0.15) is 0 Å². The molecule has 3 rings (SSSR count). The number of carbonyl (C=O) groups is 4. The van der Waals surface area contributed by atoms with Crippen LogP contribution in [-0.2, 0) is 24.7 Å². The second-order valence-corrected chi connectivity index (χ2v) is 6.86. The van der Waals surface area contributed by atoms with Crippen molar-refractivity contribution in [3.8, 4) is 5.75 Å². The van der Waals surface area contributed by atoms with Gasteiger partial charge in [0, 0.05) is 25.1 Å². The van der Waals surface area contributed by atoms with Gasteiger partial charge in [0.05, 0.1) is 6.61 Å². The third-order valence-electron chi connectivity index (χ3n) is 4.95. The zero-order valence-corrected chi connectivity index (χ0v) is 16.5. The van der Waals surface area contributed by atoms with Gasteiger partial charge in [-0.05, 0) is 6.07 Å². The lowest BCUT2D eigenvalue weighted by Gasteiger charge is -2.33. The number of carbonyl (C=O) groups excluding carboxylic acids is 4. The van der Waals surface area contributed by atoms with Gasteiger partial charge in [-0.15, -0.1) is 13.2 Å². The molecule has 1 N–H and O–H groups in total. The molecular formula is C21H23N3O6. The van der Waals surface area contributed by atoms with Crippen molar-refractivity contribution in [3.05, 3.63) is 55.1 Å². The summed E-state index contributed by atoms with van der Waals surface area (Å²) in [6.07, 6.45) is 3.33. The molecule has 1 saturated heterocycles. The maximum Gasteiger partial charge on any atom is 0.326 e. The van der Waals surface area contributed by atoms with Gasteiger partial charge < -0.3 is 19.7 Å². The predicted octanol–water partition coefficient (Wildman–Crippen LogP) is 0.960. The van der Waals surface area contributed by atoms with Crippen LogP contribution < -0.4 is 10.1 Å². The van der Waals surface area contributed by atoms with Crippen molar-refractivity contribution in [1.29, 1.82) is 0 Å². The number of amides is 4. The fraction of sp³-hybridized carbons (Fsp3) is 0.333. The summed E-state index contributed by atoms with van der Waals surface area (Å²) in [7, 11) is 0. The third kappa shape index (κ3) is 3.91. The highest BCUT2D eigenvalue weighted by Gasteiger charge is 2.55. The van der Waals surface area contributed by atoms with Crippen molar-refractivity contribution < 1.29 is 28.7 Å². The van der Waals surface area contributed by atoms with E-state index in [0.717, 1.165) is 4.90 Å². The number of nitrogens with zero attached hydrogens (tertiary/aromatic N) is 2. The van der Waals surface area contributed by atoms with E-state index < -0.39 is 42.5 Å². The van der Waals surface area contributed by atoms with E-state index in [1.807, 2.05) is 0 Å². The number of urea groups is 1. The van der Waals surface area contributed by atoms with E-state index in [1.54, 1.807) is 36.4 Å². The number of hydrogen-bond acceptors (Lipinski definition) is 6. The number of esters is 1. The molecule has 2 heterocycles. The molecule has 9 heteroatoms. The lowest BCUT2D eigenvalue weighted by molar-refractivity contribution is -0.153. The molecule has 1 aromatic rings. The van der Waals surface area contributed by atoms with Crippen molar-refractivity contribution in [2.24, 2.45) is 0 Å². The molecule has 0 aliphatic carbocycles. The van der Waals surface area contributed by atoms with Gasteiger partial charge in [0.2, 0.25) is 0 Å². The highest BCUT2D eigenvalue weighted by Crippen LogP contribution is 2.40. The molecule has 0 bridgehead atoms. The van der Waals surface area contributed by atoms with Gasteiger partial charge in [-0.25, -0.2) is 4.79 Å². The average molecular weight is 413 g/mol. The van der Waals surface area contributed by atoms with Crippen molar-refractivity contribution >= 4 is 23.8 Å². The molecule has 0 saturated carbocycles. The number of hydrogen-bond donors (Lipinski definition) is 1. The maximum absolute atomic E-state index is 13.1. The summed E-state index contributed by atoms with van der Waals surface area (Å²) in [6, 6.07) is 6.25. The van der Waals surface area contributed by atoms with E-state index >= 15 is 0 Å². The summed E-state index contributed by atoms with van der Waals surface area (Å²) in [6.45, 7) is 6.84. The van der Waals surface area contributed by atoms with Crippen LogP contribution in [0, 0.1) is 0 Å². The summed E-state index contributed by atoms with van der Waals surface area (Å²) in [5, 5.41) is 2.70. The molecule has 1 fully saturated rings. The van der Waals surface area contributed by atoms with Crippen molar-refractivity contribution in [2.75, 3.05) is 32.8 Å². The van der Waals surface area contributed by atoms with Gasteiger partial charge in [-0.1, -0.05) is 30.4 Å². The predicted molar refractivity (Wildman–Crippen MR) is 106 cm³/mol. The molecule has 1 aromatic carbocycles. The van der Waals surface area contributed by atoms with Crippen LogP contribution in [0.1, 0.15) is 12.0 Å². The van der Waals surface area contributed by atoms with Gasteiger partial charge in [0.1, 0.15) is 12.3 Å². The van der Waals surface area contributed by atoms with Crippen LogP contribution in [0.3, 0.4) is 0 Å². The molecule has 30 heavy (non-hydrogen) atoms. The first kappa shape index (κ1) is 21.1. The fourth-order valence-corrected chi connectivity index (χ4v) is 3.51. The Morgan fingerprint density at radius 3 is 2.63 bits per heavy atom. The first-order valence-corrected chi connectivity index (χ1v) is 9.44. The largest absolute Gasteiger partial charge is 0.493 e. The van der Waals surface area contributed by atoms with E-state index in [-0.39, 0.29) is 26.1 Å². The highest BCUT2D eigenvalue weighted by atomic mass is 16.5. The van der Waals surface area contributed by atoms with Crippen LogP contribution >= 0.6 is 0 Å². The van der Waals surface area contributed by atoms with E-state index in [9.17, 15) is 19.2 Å². The fourth-order valence-electron chi connectivity index (χ4n) is 3.51. The molecule has 4 amide bonds. The van der Waals surface area contributed by atoms with E-state index in [0.29, 0.717) is 11.3 Å². The van der Waals surface area contributed by atoms with Crippen LogP contribution in [0.15, 0.2) is 49.6 Å². The Balaban J connectivity index is 1.65. The quantitative estimate of drug-likeness (QED) is 0.387. The third-order valence-corrected chi connectivity index (χ3v) is 4.95. The Kier molecular flexibility index (Phi) is 6.20. The Bertz CT molecular complexity index is 888. The second-order valence-electron chi connectivity index (χ2n) is 6.86. The number of para-hydroxylation sites is 1. The minimum atomic E-state index is -1.27. The number of fused-ring (bicyclic) bond motifs is 2. The Hall–Kier alpha value is -3.62. The molecular weight excluding hydrogens is 390 g/mol. The van der Waals surface area contributed by atoms with Gasteiger partial charge in [0.15, 0.2) is 12.1 Å². The lowest BCUT2D eigenvalue weighted by atomic mass is 9.84. The molecule has 0 unspecified atom stereocenters. The second kappa shape index (κ2) is 8.81. The summed E-state index contributed by atoms with van der Waals surface area (Å²) in [5.74, 6) is -1.33. The SMILES string of the molecule is C=CCN(CC=C)C(=O)COC(=O)CN1C(=O)N[C@]2(CCOc3ccccc32)C1=O. The van der Waals surface area contributed by atoms with Crippen molar-refractivity contribution in [2.45, 2.75) is 12.0 Å². The molecule has 1 spiro atoms. The summed E-state index contributed by atoms with van der Waals surface area (Å²) < 4.78 is 10.6. The molecule has 9 nitrogen and oxygen atoms in total. The summed E-state index contributed by atoms with van der Waals surface area (Å²) >= 11 is 0. The van der Waals surface area contributed by atoms with Crippen LogP contribution in [0.25, 0.3) is 0 Å². The van der Waals surface area contributed by atoms with E-state index in [2.05, 4.69) is 18.5 Å². The average Bonchev–Trinajstić information content (AvgIpc) is 2.97. The van der Waals surface area contributed by atoms with Crippen molar-refractivity contribution in [1.82, 2.24) is 15.1 Å². The molecule has 0 radical (unpaired) electrons. The van der Waals surface area contributed by atoms with Crippen molar-refractivity contribution in [3.63, 3.8) is 0 Å². The molecule has 0 aromatic heterocycles. The Morgan fingerprint density at radius 2 is 1.93 bits per heavy atom. The Morgan fingerprint density at radius 1 is 1.23 bits per heavy atom. The van der Waals surface area contributed by atoms with Gasteiger partial charge in [-0.3, -0.25) is 19.3 Å². The first-order chi connectivity index (χ1) is 14.4. The van der Waals surface area contributed by atoms with Gasteiger partial charge in [0.25, 0.3) is 11.8 Å². The summed E-state index contributed by atoms with van der Waals surface area (Å²) in [4.78, 5) is 52.1. The topological polar surface area (TPSA) is 105 Å². The van der Waals surface area contributed by atoms with Crippen LogP contribution in [0.5, 0.6) is 5.75 Å². The lowest BCUT2D eigenvalue weighted by Crippen LogP contribution is -2.47. The zero-order chi connectivity index (χ0) is 21.7. The molecule has 1 atom stereocenters. The number of rotatable bonds is 8. The van der Waals surface area contributed by atoms with Crippen LogP contribution in [0.2, 0.25) is 0 Å². The van der Waals surface area contributed by atoms with Crippen LogP contribution in [-0.4, -0.2) is 66.5 Å². The minimum absolute atomic E-state index is 0.247. The standard InChI is InChI=1S/C21H23N3O6/c1-3-10-23(11-4-2)17(25)14-30-18(26)13-24-19(27)21(22-20(24)28)9-12-29-16-8-6-5-7-15(16)21/h3-8H,1-2,9-14H2,(H,22,28)/t21-/m0/s1. The van der Waals surface area contributed by atoms with E-state index in [4.69, 9.17) is 9.47 Å². The highest BCUT2D eigenvalue weighted by molar-refractivity contribution is 6.09. The van der Waals surface area contributed by atoms with Gasteiger partial charge >= 0.3 is 12.0 Å². The smallest absolute Gasteiger partial charge is 0.326 e. The monoisotopic (exact) mass is 413 g/mol. The number of ether oxygens (including phenoxy) is 2. The minimum Gasteiger partial charge on any atom is -0.493 e. The first-order valence-electron chi connectivity index (χ1n) is 9.44. The normalized spacial score (nSPS) is 19.5. The maximum atomic E-state index is 13.1. The Labute approximate surface area is 173 Å². The molecule has 2 aliphatic rings. The molecule has 158 valence electrons.